The molecule has 0 radical (unpaired) electrons. The van der Waals surface area contributed by atoms with Crippen LogP contribution in [-0.2, 0) is 0 Å². The van der Waals surface area contributed by atoms with E-state index in [2.05, 4.69) is 32.5 Å². The molecule has 0 aliphatic heterocycles. The SMILES string of the molecule is C=C/C=C(\C=C/C)Nc1cccc(NC(=O)c2ccc(Nc3ccnc4ccncc34)cc2)c1. The Bertz CT molecular complexity index is 1370. The van der Waals surface area contributed by atoms with Gasteiger partial charge in [-0.25, -0.2) is 0 Å². The van der Waals surface area contributed by atoms with Crippen LogP contribution in [-0.4, -0.2) is 15.9 Å². The van der Waals surface area contributed by atoms with Gasteiger partial charge in [0.25, 0.3) is 5.91 Å². The van der Waals surface area contributed by atoms with Crippen LogP contribution in [0.15, 0.2) is 116 Å². The smallest absolute Gasteiger partial charge is 0.255 e. The van der Waals surface area contributed by atoms with Gasteiger partial charge in [0.2, 0.25) is 0 Å². The van der Waals surface area contributed by atoms with Gasteiger partial charge in [0.1, 0.15) is 0 Å². The predicted octanol–water partition coefficient (Wildman–Crippen LogP) is 6.68. The quantitative estimate of drug-likeness (QED) is 0.263. The largest absolute Gasteiger partial charge is 0.355 e. The van der Waals surface area contributed by atoms with Crippen molar-refractivity contribution in [3.63, 3.8) is 0 Å². The molecule has 0 fully saturated rings. The summed E-state index contributed by atoms with van der Waals surface area (Å²) in [6, 6.07) is 18.7. The van der Waals surface area contributed by atoms with Gasteiger partial charge >= 0.3 is 0 Å². The second kappa shape index (κ2) is 10.7. The molecule has 3 N–H and O–H groups in total. The molecule has 4 rings (SSSR count). The van der Waals surface area contributed by atoms with E-state index in [0.717, 1.165) is 33.7 Å². The highest BCUT2D eigenvalue weighted by Gasteiger charge is 2.08. The molecule has 1 amide bonds. The van der Waals surface area contributed by atoms with Crippen LogP contribution in [0.5, 0.6) is 0 Å². The Morgan fingerprint density at radius 1 is 0.941 bits per heavy atom. The number of nitrogens with one attached hydrogen (secondary N) is 3. The van der Waals surface area contributed by atoms with Gasteiger partial charge in [-0.2, -0.15) is 0 Å². The zero-order valence-corrected chi connectivity index (χ0v) is 18.8. The second-order valence-corrected chi connectivity index (χ2v) is 7.47. The monoisotopic (exact) mass is 447 g/mol. The summed E-state index contributed by atoms with van der Waals surface area (Å²) in [6.07, 6.45) is 12.8. The Morgan fingerprint density at radius 2 is 1.74 bits per heavy atom. The minimum Gasteiger partial charge on any atom is -0.355 e. The third kappa shape index (κ3) is 5.55. The summed E-state index contributed by atoms with van der Waals surface area (Å²) in [7, 11) is 0. The lowest BCUT2D eigenvalue weighted by Crippen LogP contribution is -2.12. The lowest BCUT2D eigenvalue weighted by Gasteiger charge is -2.11. The molecule has 6 nitrogen and oxygen atoms in total. The van der Waals surface area contributed by atoms with E-state index in [1.165, 1.54) is 0 Å². The summed E-state index contributed by atoms with van der Waals surface area (Å²) in [5.41, 5.74) is 5.67. The van der Waals surface area contributed by atoms with Gasteiger partial charge in [-0.15, -0.1) is 0 Å². The van der Waals surface area contributed by atoms with Crippen LogP contribution in [0.2, 0.25) is 0 Å². The topological polar surface area (TPSA) is 78.9 Å². The number of hydrogen-bond acceptors (Lipinski definition) is 5. The standard InChI is InChI=1S/C28H25N5O/c1-3-6-21(7-4-2)31-23-8-5-9-24(18-23)33-28(34)20-10-12-22(13-11-20)32-27-15-17-30-26-14-16-29-19-25(26)27/h3-19,31H,1H2,2H3,(H,30,32)(H,33,34)/b7-4-,21-6+. The Labute approximate surface area is 198 Å². The fraction of sp³-hybridized carbons (Fsp3) is 0.0357. The highest BCUT2D eigenvalue weighted by atomic mass is 16.1. The highest BCUT2D eigenvalue weighted by Crippen LogP contribution is 2.25. The van der Waals surface area contributed by atoms with Gasteiger partial charge in [0.05, 0.1) is 11.2 Å². The average molecular weight is 448 g/mol. The number of carbonyl (C=O) groups excluding carboxylic acids is 1. The van der Waals surface area contributed by atoms with Crippen molar-refractivity contribution in [3.05, 3.63) is 121 Å². The molecule has 0 unspecified atom stereocenters. The molecule has 0 aliphatic carbocycles. The number of nitrogens with zero attached hydrogens (tertiary/aromatic N) is 2. The number of benzene rings is 2. The van der Waals surface area contributed by atoms with E-state index in [0.29, 0.717) is 11.3 Å². The number of allylic oxidation sites excluding steroid dienone is 4. The molecule has 2 heterocycles. The lowest BCUT2D eigenvalue weighted by molar-refractivity contribution is 0.102. The number of anilines is 4. The third-order valence-corrected chi connectivity index (χ3v) is 5.02. The van der Waals surface area contributed by atoms with E-state index in [-0.39, 0.29) is 5.91 Å². The summed E-state index contributed by atoms with van der Waals surface area (Å²) in [5, 5.41) is 10.6. The van der Waals surface area contributed by atoms with E-state index in [1.54, 1.807) is 36.8 Å². The first-order chi connectivity index (χ1) is 16.7. The van der Waals surface area contributed by atoms with Crippen molar-refractivity contribution in [1.82, 2.24) is 9.97 Å². The summed E-state index contributed by atoms with van der Waals surface area (Å²) >= 11 is 0. The van der Waals surface area contributed by atoms with Gasteiger partial charge < -0.3 is 16.0 Å². The molecule has 2 aromatic carbocycles. The zero-order chi connectivity index (χ0) is 23.8. The molecule has 4 aromatic rings. The van der Waals surface area contributed by atoms with Crippen LogP contribution in [0.3, 0.4) is 0 Å². The maximum Gasteiger partial charge on any atom is 0.255 e. The maximum absolute atomic E-state index is 12.8. The van der Waals surface area contributed by atoms with Gasteiger partial charge in [0.15, 0.2) is 0 Å². The number of pyridine rings is 2. The Hall–Kier alpha value is -4.71. The first-order valence-corrected chi connectivity index (χ1v) is 10.9. The summed E-state index contributed by atoms with van der Waals surface area (Å²) < 4.78 is 0. The van der Waals surface area contributed by atoms with Crippen LogP contribution in [0.4, 0.5) is 22.7 Å². The van der Waals surface area contributed by atoms with Crippen LogP contribution in [0.1, 0.15) is 17.3 Å². The molecule has 0 atom stereocenters. The Kier molecular flexibility index (Phi) is 7.10. The molecular formula is C28H25N5O. The van der Waals surface area contributed by atoms with Crippen LogP contribution >= 0.6 is 0 Å². The summed E-state index contributed by atoms with van der Waals surface area (Å²) in [5.74, 6) is -0.183. The van der Waals surface area contributed by atoms with E-state index in [1.807, 2.05) is 73.7 Å². The summed E-state index contributed by atoms with van der Waals surface area (Å²) in [6.45, 7) is 5.69. The molecular weight excluding hydrogens is 422 g/mol. The minimum absolute atomic E-state index is 0.183. The van der Waals surface area contributed by atoms with E-state index < -0.39 is 0 Å². The lowest BCUT2D eigenvalue weighted by atomic mass is 10.1. The highest BCUT2D eigenvalue weighted by molar-refractivity contribution is 6.04. The molecule has 0 spiro atoms. The number of aromatic nitrogens is 2. The van der Waals surface area contributed by atoms with E-state index in [9.17, 15) is 4.79 Å². The van der Waals surface area contributed by atoms with Gasteiger partial charge in [0, 0.05) is 52.3 Å². The first kappa shape index (κ1) is 22.5. The Morgan fingerprint density at radius 3 is 2.50 bits per heavy atom. The van der Waals surface area contributed by atoms with Crippen molar-refractivity contribution in [2.45, 2.75) is 6.92 Å². The Balaban J connectivity index is 1.44. The van der Waals surface area contributed by atoms with Crippen molar-refractivity contribution in [3.8, 4) is 0 Å². The zero-order valence-electron chi connectivity index (χ0n) is 18.8. The van der Waals surface area contributed by atoms with Crippen LogP contribution in [0, 0.1) is 0 Å². The second-order valence-electron chi connectivity index (χ2n) is 7.47. The number of rotatable bonds is 8. The molecule has 168 valence electrons. The molecule has 0 aliphatic rings. The van der Waals surface area contributed by atoms with Gasteiger partial charge in [-0.3, -0.25) is 14.8 Å². The maximum atomic E-state index is 12.8. The number of amides is 1. The molecule has 0 saturated carbocycles. The summed E-state index contributed by atoms with van der Waals surface area (Å²) in [4.78, 5) is 21.3. The van der Waals surface area contributed by atoms with E-state index >= 15 is 0 Å². The van der Waals surface area contributed by atoms with Gasteiger partial charge in [-0.1, -0.05) is 24.8 Å². The fourth-order valence-electron chi connectivity index (χ4n) is 3.45. The van der Waals surface area contributed by atoms with Crippen molar-refractivity contribution >= 4 is 39.6 Å². The molecule has 0 bridgehead atoms. The van der Waals surface area contributed by atoms with Crippen LogP contribution in [0.25, 0.3) is 10.9 Å². The fourth-order valence-corrected chi connectivity index (χ4v) is 3.45. The molecule has 2 aromatic heterocycles. The minimum atomic E-state index is -0.183. The van der Waals surface area contributed by atoms with E-state index in [4.69, 9.17) is 0 Å². The normalized spacial score (nSPS) is 11.4. The number of fused-ring (bicyclic) bond motifs is 1. The predicted molar refractivity (Wildman–Crippen MR) is 140 cm³/mol. The van der Waals surface area contributed by atoms with Gasteiger partial charge in [-0.05, 0) is 73.7 Å². The van der Waals surface area contributed by atoms with Crippen molar-refractivity contribution in [2.75, 3.05) is 16.0 Å². The average Bonchev–Trinajstić information content (AvgIpc) is 2.85. The molecule has 34 heavy (non-hydrogen) atoms. The first-order valence-electron chi connectivity index (χ1n) is 10.9. The van der Waals surface area contributed by atoms with Crippen molar-refractivity contribution < 1.29 is 4.79 Å². The molecule has 6 heteroatoms. The van der Waals surface area contributed by atoms with Crippen molar-refractivity contribution in [2.24, 2.45) is 0 Å². The van der Waals surface area contributed by atoms with Crippen molar-refractivity contribution in [1.29, 1.82) is 0 Å². The number of hydrogen-bond donors (Lipinski definition) is 3. The number of carbonyl (C=O) groups is 1. The third-order valence-electron chi connectivity index (χ3n) is 5.02. The van der Waals surface area contributed by atoms with Crippen LogP contribution < -0.4 is 16.0 Å². The molecule has 0 saturated heterocycles.